The van der Waals surface area contributed by atoms with Gasteiger partial charge in [0.2, 0.25) is 0 Å². The minimum atomic E-state index is -1.14. The first-order chi connectivity index (χ1) is 28.1. The minimum absolute atomic E-state index is 0.00841. The van der Waals surface area contributed by atoms with E-state index in [2.05, 4.69) is 111 Å². The van der Waals surface area contributed by atoms with Gasteiger partial charge in [0.05, 0.1) is 40.3 Å². The van der Waals surface area contributed by atoms with Crippen molar-refractivity contribution >= 4 is 17.9 Å². The van der Waals surface area contributed by atoms with Crippen LogP contribution in [0.5, 0.6) is 0 Å². The molecule has 2 unspecified atom stereocenters. The summed E-state index contributed by atoms with van der Waals surface area (Å²) in [5, 5.41) is 11.6. The maximum absolute atomic E-state index is 12.7. The van der Waals surface area contributed by atoms with E-state index in [4.69, 9.17) is 14.2 Å². The first kappa shape index (κ1) is 54.2. The molecule has 8 heteroatoms. The minimum Gasteiger partial charge on any atom is -0.544 e. The summed E-state index contributed by atoms with van der Waals surface area (Å²) in [5.74, 6) is -1.84. The maximum atomic E-state index is 12.7. The number of carboxylic acids is 1. The van der Waals surface area contributed by atoms with Crippen molar-refractivity contribution in [1.82, 2.24) is 0 Å². The number of hydrogen-bond donors (Lipinski definition) is 0. The van der Waals surface area contributed by atoms with E-state index < -0.39 is 18.1 Å². The molecule has 0 N–H and O–H groups in total. The van der Waals surface area contributed by atoms with Gasteiger partial charge in [0.1, 0.15) is 12.6 Å². The van der Waals surface area contributed by atoms with Crippen molar-refractivity contribution < 1.29 is 38.2 Å². The van der Waals surface area contributed by atoms with Crippen LogP contribution in [-0.4, -0.2) is 75.5 Å². The fourth-order valence-corrected chi connectivity index (χ4v) is 5.82. The fraction of sp³-hybridized carbons (Fsp3) is 0.620. The van der Waals surface area contributed by atoms with Crippen LogP contribution in [0.15, 0.2) is 97.2 Å². The van der Waals surface area contributed by atoms with Gasteiger partial charge in [-0.1, -0.05) is 143 Å². The number of carbonyl (C=O) groups excluding carboxylic acids is 3. The molecule has 8 nitrogen and oxygen atoms in total. The SMILES string of the molecule is CC/C=C\C/C=C\C/C=C\C/C=C\C/C=C\CCCC(=O)OC(COCCC(C(=O)[O-])[N+](C)(C)C)COC(=O)CCCCCCCCC/C=C\C/C=C\C/C=C\CC. The summed E-state index contributed by atoms with van der Waals surface area (Å²) in [6, 6.07) is -0.743. The van der Waals surface area contributed by atoms with Crippen LogP contribution in [0.25, 0.3) is 0 Å². The summed E-state index contributed by atoms with van der Waals surface area (Å²) in [5.41, 5.74) is 0. The Labute approximate surface area is 354 Å². The lowest BCUT2D eigenvalue weighted by Crippen LogP contribution is -2.55. The second kappa shape index (κ2) is 40.0. The van der Waals surface area contributed by atoms with E-state index in [1.807, 2.05) is 0 Å². The molecular weight excluding hydrogens is 727 g/mol. The van der Waals surface area contributed by atoms with Crippen LogP contribution in [0.3, 0.4) is 0 Å². The molecule has 0 fully saturated rings. The standard InChI is InChI=1S/C50H81NO7/c1-6-8-10-12-14-16-18-20-22-24-26-28-30-32-34-36-38-40-48(52)57-45-46(44-56-43-42-47(50(54)55)51(3,4)5)58-49(53)41-39-37-35-33-31-29-27-25-23-21-19-17-15-13-11-9-7-2/h8-11,14-17,20-23,27,29,33,35,46-47H,6-7,12-13,18-19,24-26,28,30-32,34,36-45H2,1-5H3/b10-8-,11-9-,16-14-,17-15-,22-20-,23-21-,29-27-,35-33-. The number of unbranched alkanes of at least 4 members (excludes halogenated alkanes) is 8. The van der Waals surface area contributed by atoms with Gasteiger partial charge in [0.25, 0.3) is 0 Å². The van der Waals surface area contributed by atoms with Crippen molar-refractivity contribution in [1.29, 1.82) is 0 Å². The van der Waals surface area contributed by atoms with Gasteiger partial charge in [0, 0.05) is 19.3 Å². The molecule has 0 saturated heterocycles. The second-order valence-corrected chi connectivity index (χ2v) is 15.5. The summed E-state index contributed by atoms with van der Waals surface area (Å²) in [6.45, 7) is 4.34. The lowest BCUT2D eigenvalue weighted by atomic mass is 10.1. The van der Waals surface area contributed by atoms with E-state index in [1.165, 1.54) is 19.3 Å². The molecule has 0 aliphatic heterocycles. The number of carboxylic acid groups (broad SMARTS) is 1. The van der Waals surface area contributed by atoms with Crippen LogP contribution in [0.1, 0.15) is 149 Å². The number of likely N-dealkylation sites (N-methyl/N-ethyl adjacent to an activating group) is 1. The van der Waals surface area contributed by atoms with Gasteiger partial charge in [-0.05, 0) is 83.5 Å². The van der Waals surface area contributed by atoms with Gasteiger partial charge in [-0.3, -0.25) is 9.59 Å². The molecule has 58 heavy (non-hydrogen) atoms. The molecule has 0 rings (SSSR count). The number of aliphatic carboxylic acids is 1. The van der Waals surface area contributed by atoms with Crippen molar-refractivity contribution in [3.8, 4) is 0 Å². The Hall–Kier alpha value is -3.75. The van der Waals surface area contributed by atoms with Gasteiger partial charge < -0.3 is 28.6 Å². The third kappa shape index (κ3) is 37.8. The molecule has 0 saturated carbocycles. The second-order valence-electron chi connectivity index (χ2n) is 15.5. The maximum Gasteiger partial charge on any atom is 0.306 e. The molecule has 0 bridgehead atoms. The van der Waals surface area contributed by atoms with E-state index >= 15 is 0 Å². The quantitative estimate of drug-likeness (QED) is 0.0265. The van der Waals surface area contributed by atoms with Crippen molar-refractivity contribution in [3.63, 3.8) is 0 Å². The third-order valence-electron chi connectivity index (χ3n) is 9.22. The molecule has 0 aliphatic rings. The van der Waals surface area contributed by atoms with Gasteiger partial charge >= 0.3 is 11.9 Å². The van der Waals surface area contributed by atoms with Crippen LogP contribution < -0.4 is 5.11 Å². The fourth-order valence-electron chi connectivity index (χ4n) is 5.82. The van der Waals surface area contributed by atoms with Crippen molar-refractivity contribution in [2.45, 2.75) is 161 Å². The zero-order valence-electron chi connectivity index (χ0n) is 37.2. The average Bonchev–Trinajstić information content (AvgIpc) is 3.18. The third-order valence-corrected chi connectivity index (χ3v) is 9.22. The van der Waals surface area contributed by atoms with Crippen molar-refractivity contribution in [3.05, 3.63) is 97.2 Å². The highest BCUT2D eigenvalue weighted by molar-refractivity contribution is 5.70. The Bertz CT molecular complexity index is 1260. The van der Waals surface area contributed by atoms with Crippen LogP contribution in [0.2, 0.25) is 0 Å². The highest BCUT2D eigenvalue weighted by Gasteiger charge is 2.25. The molecule has 328 valence electrons. The molecule has 0 radical (unpaired) electrons. The molecule has 0 aromatic rings. The molecule has 0 heterocycles. The Kier molecular flexibility index (Phi) is 37.5. The van der Waals surface area contributed by atoms with Gasteiger partial charge in [-0.15, -0.1) is 0 Å². The number of carbonyl (C=O) groups is 3. The Morgan fingerprint density at radius 3 is 1.40 bits per heavy atom. The van der Waals surface area contributed by atoms with E-state index in [1.54, 1.807) is 21.1 Å². The summed E-state index contributed by atoms with van der Waals surface area (Å²) < 4.78 is 17.1. The molecule has 0 spiro atoms. The average molecular weight is 808 g/mol. The predicted octanol–water partition coefficient (Wildman–Crippen LogP) is 11.0. The van der Waals surface area contributed by atoms with Crippen molar-refractivity contribution in [2.24, 2.45) is 0 Å². The molecule has 0 aromatic heterocycles. The first-order valence-corrected chi connectivity index (χ1v) is 22.3. The van der Waals surface area contributed by atoms with Gasteiger partial charge in [0.15, 0.2) is 6.10 Å². The van der Waals surface area contributed by atoms with Crippen molar-refractivity contribution in [2.75, 3.05) is 41.0 Å². The predicted molar refractivity (Wildman–Crippen MR) is 240 cm³/mol. The largest absolute Gasteiger partial charge is 0.544 e. The van der Waals surface area contributed by atoms with E-state index in [0.29, 0.717) is 12.8 Å². The summed E-state index contributed by atoms with van der Waals surface area (Å²) in [7, 11) is 5.37. The van der Waals surface area contributed by atoms with Crippen LogP contribution >= 0.6 is 0 Å². The highest BCUT2D eigenvalue weighted by Crippen LogP contribution is 2.12. The Morgan fingerprint density at radius 2 is 0.931 bits per heavy atom. The molecule has 0 aliphatic carbocycles. The number of allylic oxidation sites excluding steroid dienone is 16. The number of esters is 2. The number of hydrogen-bond acceptors (Lipinski definition) is 7. The zero-order chi connectivity index (χ0) is 42.8. The Balaban J connectivity index is 4.47. The number of quaternary nitrogens is 1. The molecule has 0 amide bonds. The molecule has 0 aromatic carbocycles. The van der Waals surface area contributed by atoms with Crippen LogP contribution in [0, 0.1) is 0 Å². The van der Waals surface area contributed by atoms with E-state index in [0.717, 1.165) is 89.9 Å². The number of nitrogens with zero attached hydrogens (tertiary/aromatic N) is 1. The normalized spacial score (nSPS) is 13.9. The highest BCUT2D eigenvalue weighted by atomic mass is 16.6. The smallest absolute Gasteiger partial charge is 0.306 e. The first-order valence-electron chi connectivity index (χ1n) is 22.3. The summed E-state index contributed by atoms with van der Waals surface area (Å²) >= 11 is 0. The topological polar surface area (TPSA) is 102 Å². The number of ether oxygens (including phenoxy) is 3. The molecular formula is C50H81NO7. The van der Waals surface area contributed by atoms with E-state index in [-0.39, 0.29) is 49.1 Å². The lowest BCUT2D eigenvalue weighted by Gasteiger charge is -2.34. The van der Waals surface area contributed by atoms with E-state index in [9.17, 15) is 19.5 Å². The zero-order valence-corrected chi connectivity index (χ0v) is 37.2. The monoisotopic (exact) mass is 808 g/mol. The lowest BCUT2D eigenvalue weighted by molar-refractivity contribution is -0.889. The summed E-state index contributed by atoms with van der Waals surface area (Å²) in [4.78, 5) is 36.9. The van der Waals surface area contributed by atoms with Crippen LogP contribution in [-0.2, 0) is 28.6 Å². The number of rotatable bonds is 38. The van der Waals surface area contributed by atoms with Gasteiger partial charge in [-0.25, -0.2) is 0 Å². The van der Waals surface area contributed by atoms with Crippen LogP contribution in [0.4, 0.5) is 0 Å². The van der Waals surface area contributed by atoms with Gasteiger partial charge in [-0.2, -0.15) is 0 Å². The Morgan fingerprint density at radius 1 is 0.517 bits per heavy atom. The molecule has 2 atom stereocenters. The summed E-state index contributed by atoms with van der Waals surface area (Å²) in [6.07, 6.45) is 52.9.